The van der Waals surface area contributed by atoms with Crippen molar-refractivity contribution in [2.24, 2.45) is 11.1 Å². The van der Waals surface area contributed by atoms with Crippen molar-refractivity contribution in [2.75, 3.05) is 19.1 Å². The maximum atomic E-state index is 12.0. The van der Waals surface area contributed by atoms with E-state index in [9.17, 15) is 4.79 Å². The van der Waals surface area contributed by atoms with Crippen molar-refractivity contribution in [1.82, 2.24) is 4.90 Å². The van der Waals surface area contributed by atoms with Crippen molar-refractivity contribution in [3.05, 3.63) is 0 Å². The summed E-state index contributed by atoms with van der Waals surface area (Å²) < 4.78 is 0. The van der Waals surface area contributed by atoms with Crippen molar-refractivity contribution in [3.63, 3.8) is 0 Å². The predicted octanol–water partition coefficient (Wildman–Crippen LogP) is 1.96. The fraction of sp³-hybridized carbons (Fsp3) is 0.917. The molecule has 0 aromatic heterocycles. The molecule has 0 spiro atoms. The average Bonchev–Trinajstić information content (AvgIpc) is 2.15. The molecule has 16 heavy (non-hydrogen) atoms. The van der Waals surface area contributed by atoms with E-state index in [0.717, 1.165) is 5.75 Å². The number of nitrogens with two attached hydrogens (primary N) is 1. The van der Waals surface area contributed by atoms with Crippen molar-refractivity contribution < 1.29 is 4.79 Å². The molecule has 2 atom stereocenters. The quantitative estimate of drug-likeness (QED) is 0.806. The topological polar surface area (TPSA) is 46.3 Å². The Morgan fingerprint density at radius 3 is 2.31 bits per heavy atom. The summed E-state index contributed by atoms with van der Waals surface area (Å²) in [6, 6.07) is 0.193. The Morgan fingerprint density at radius 1 is 1.44 bits per heavy atom. The predicted molar refractivity (Wildman–Crippen MR) is 72.7 cm³/mol. The highest BCUT2D eigenvalue weighted by molar-refractivity contribution is 7.98. The van der Waals surface area contributed by atoms with Gasteiger partial charge in [-0.1, -0.05) is 20.8 Å². The van der Waals surface area contributed by atoms with E-state index in [0.29, 0.717) is 6.42 Å². The van der Waals surface area contributed by atoms with Crippen molar-refractivity contribution >= 4 is 17.7 Å². The Hall–Kier alpha value is -0.220. The minimum Gasteiger partial charge on any atom is -0.342 e. The molecule has 2 unspecified atom stereocenters. The minimum atomic E-state index is -0.0797. The second-order valence-electron chi connectivity index (χ2n) is 5.49. The van der Waals surface area contributed by atoms with E-state index in [-0.39, 0.29) is 23.4 Å². The molecule has 1 amide bonds. The molecule has 0 aromatic carbocycles. The van der Waals surface area contributed by atoms with E-state index < -0.39 is 0 Å². The Morgan fingerprint density at radius 2 is 1.94 bits per heavy atom. The van der Waals surface area contributed by atoms with Gasteiger partial charge in [0.2, 0.25) is 5.91 Å². The van der Waals surface area contributed by atoms with Gasteiger partial charge in [0.25, 0.3) is 0 Å². The van der Waals surface area contributed by atoms with Crippen molar-refractivity contribution in [2.45, 2.75) is 46.2 Å². The third kappa shape index (κ3) is 5.21. The second-order valence-corrected chi connectivity index (χ2v) is 6.40. The van der Waals surface area contributed by atoms with E-state index in [4.69, 9.17) is 5.73 Å². The van der Waals surface area contributed by atoms with E-state index in [1.54, 1.807) is 11.8 Å². The first-order valence-electron chi connectivity index (χ1n) is 5.70. The summed E-state index contributed by atoms with van der Waals surface area (Å²) in [6.07, 6.45) is 2.48. The van der Waals surface area contributed by atoms with Gasteiger partial charge >= 0.3 is 0 Å². The molecule has 0 fully saturated rings. The van der Waals surface area contributed by atoms with Gasteiger partial charge < -0.3 is 10.6 Å². The van der Waals surface area contributed by atoms with Gasteiger partial charge in [0, 0.05) is 31.3 Å². The third-order valence-corrected chi connectivity index (χ3v) is 3.79. The standard InChI is InChI=1S/C12H26N2OS/c1-9(8-16-6)14(5)11(15)7-10(13)12(2,3)4/h9-10H,7-8,13H2,1-6H3. The van der Waals surface area contributed by atoms with Gasteiger partial charge in [-0.3, -0.25) is 4.79 Å². The molecule has 2 N–H and O–H groups in total. The van der Waals surface area contributed by atoms with Gasteiger partial charge in [0.05, 0.1) is 0 Å². The molecular weight excluding hydrogens is 220 g/mol. The Bertz CT molecular complexity index is 226. The monoisotopic (exact) mass is 246 g/mol. The molecule has 0 radical (unpaired) electrons. The Balaban J connectivity index is 4.25. The lowest BCUT2D eigenvalue weighted by Crippen LogP contribution is -2.43. The number of amides is 1. The first kappa shape index (κ1) is 15.8. The molecule has 96 valence electrons. The molecule has 4 heteroatoms. The van der Waals surface area contributed by atoms with Gasteiger partial charge in [-0.2, -0.15) is 11.8 Å². The molecular formula is C12H26N2OS. The Kier molecular flexibility index (Phi) is 6.41. The lowest BCUT2D eigenvalue weighted by molar-refractivity contribution is -0.132. The van der Waals surface area contributed by atoms with Crippen LogP contribution in [0.25, 0.3) is 0 Å². The summed E-state index contributed by atoms with van der Waals surface area (Å²) in [4.78, 5) is 13.8. The van der Waals surface area contributed by atoms with Crippen molar-refractivity contribution in [3.8, 4) is 0 Å². The summed E-state index contributed by atoms with van der Waals surface area (Å²) in [5.41, 5.74) is 6.00. The number of nitrogens with zero attached hydrogens (tertiary/aromatic N) is 1. The normalized spacial score (nSPS) is 15.7. The number of thioether (sulfide) groups is 1. The summed E-state index contributed by atoms with van der Waals surface area (Å²) in [7, 11) is 1.86. The molecule has 0 aromatic rings. The summed E-state index contributed by atoms with van der Waals surface area (Å²) >= 11 is 1.75. The van der Waals surface area contributed by atoms with Crippen LogP contribution in [0.5, 0.6) is 0 Å². The highest BCUT2D eigenvalue weighted by Crippen LogP contribution is 2.20. The Labute approximate surface area is 104 Å². The highest BCUT2D eigenvalue weighted by Gasteiger charge is 2.25. The zero-order chi connectivity index (χ0) is 12.9. The number of rotatable bonds is 5. The SMILES string of the molecule is CSCC(C)N(C)C(=O)CC(N)C(C)(C)C. The fourth-order valence-electron chi connectivity index (χ4n) is 1.24. The first-order chi connectivity index (χ1) is 7.20. The van der Waals surface area contributed by atoms with Crippen LogP contribution in [-0.2, 0) is 4.79 Å². The maximum absolute atomic E-state index is 12.0. The smallest absolute Gasteiger partial charge is 0.224 e. The van der Waals surface area contributed by atoms with Crippen LogP contribution in [0.2, 0.25) is 0 Å². The van der Waals surface area contributed by atoms with Crippen LogP contribution < -0.4 is 5.73 Å². The summed E-state index contributed by atoms with van der Waals surface area (Å²) in [6.45, 7) is 8.26. The number of carbonyl (C=O) groups is 1. The van der Waals surface area contributed by atoms with Crippen LogP contribution in [-0.4, -0.2) is 41.9 Å². The van der Waals surface area contributed by atoms with Crippen LogP contribution >= 0.6 is 11.8 Å². The van der Waals surface area contributed by atoms with Gasteiger partial charge in [-0.15, -0.1) is 0 Å². The first-order valence-corrected chi connectivity index (χ1v) is 7.09. The number of hydrogen-bond donors (Lipinski definition) is 1. The van der Waals surface area contributed by atoms with Crippen LogP contribution in [0.15, 0.2) is 0 Å². The zero-order valence-corrected chi connectivity index (χ0v) is 12.2. The minimum absolute atomic E-state index is 0.0146. The molecule has 0 saturated carbocycles. The largest absolute Gasteiger partial charge is 0.342 e. The van der Waals surface area contributed by atoms with Gasteiger partial charge in [0.15, 0.2) is 0 Å². The average molecular weight is 246 g/mol. The highest BCUT2D eigenvalue weighted by atomic mass is 32.2. The third-order valence-electron chi connectivity index (χ3n) is 2.97. The van der Waals surface area contributed by atoms with E-state index in [2.05, 4.69) is 34.0 Å². The van der Waals surface area contributed by atoms with Crippen LogP contribution in [0.3, 0.4) is 0 Å². The number of carbonyl (C=O) groups excluding carboxylic acids is 1. The second kappa shape index (κ2) is 6.50. The molecule has 0 aliphatic heterocycles. The van der Waals surface area contributed by atoms with E-state index >= 15 is 0 Å². The maximum Gasteiger partial charge on any atom is 0.224 e. The molecule has 0 aliphatic carbocycles. The molecule has 3 nitrogen and oxygen atoms in total. The van der Waals surface area contributed by atoms with Crippen LogP contribution in [0.1, 0.15) is 34.1 Å². The van der Waals surface area contributed by atoms with E-state index in [1.807, 2.05) is 11.9 Å². The van der Waals surface area contributed by atoms with Crippen LogP contribution in [0, 0.1) is 5.41 Å². The molecule has 0 saturated heterocycles. The zero-order valence-electron chi connectivity index (χ0n) is 11.4. The van der Waals surface area contributed by atoms with Gasteiger partial charge in [-0.05, 0) is 18.6 Å². The van der Waals surface area contributed by atoms with Crippen molar-refractivity contribution in [1.29, 1.82) is 0 Å². The molecule has 0 aliphatic rings. The summed E-state index contributed by atoms with van der Waals surface area (Å²) in [5.74, 6) is 1.11. The van der Waals surface area contributed by atoms with Crippen LogP contribution in [0.4, 0.5) is 0 Å². The molecule has 0 heterocycles. The lowest BCUT2D eigenvalue weighted by atomic mass is 9.85. The van der Waals surface area contributed by atoms with E-state index in [1.165, 1.54) is 0 Å². The molecule has 0 bridgehead atoms. The summed E-state index contributed by atoms with van der Waals surface area (Å²) in [5, 5.41) is 0. The van der Waals surface area contributed by atoms with Gasteiger partial charge in [0.1, 0.15) is 0 Å². The fourth-order valence-corrected chi connectivity index (χ4v) is 1.94. The molecule has 0 rings (SSSR count). The van der Waals surface area contributed by atoms with Gasteiger partial charge in [-0.25, -0.2) is 0 Å². The number of hydrogen-bond acceptors (Lipinski definition) is 3. The lowest BCUT2D eigenvalue weighted by Gasteiger charge is -2.30.